The van der Waals surface area contributed by atoms with Crippen molar-refractivity contribution in [1.29, 1.82) is 0 Å². The van der Waals surface area contributed by atoms with Crippen LogP contribution >= 0.6 is 0 Å². The molecule has 0 unspecified atom stereocenters. The number of fused-ring (bicyclic) bond motifs is 7. The molecule has 2 bridgehead atoms. The fourth-order valence-corrected chi connectivity index (χ4v) is 6.94. The summed E-state index contributed by atoms with van der Waals surface area (Å²) in [6, 6.07) is 6.80. The first-order valence-corrected chi connectivity index (χ1v) is 14.5. The van der Waals surface area contributed by atoms with Crippen LogP contribution in [0.5, 0.6) is 0 Å². The van der Waals surface area contributed by atoms with Crippen molar-refractivity contribution in [2.45, 2.75) is 76.1 Å². The fourth-order valence-electron chi connectivity index (χ4n) is 6.94. The van der Waals surface area contributed by atoms with Gasteiger partial charge in [-0.2, -0.15) is 9.63 Å². The summed E-state index contributed by atoms with van der Waals surface area (Å²) < 4.78 is 2.10. The third kappa shape index (κ3) is 4.59. The summed E-state index contributed by atoms with van der Waals surface area (Å²) >= 11 is 0. The molecule has 3 aliphatic heterocycles. The molecule has 2 aliphatic carbocycles. The number of quaternary nitrogens is 1. The molecule has 8 rings (SSSR count). The minimum atomic E-state index is -0.286. The zero-order valence-corrected chi connectivity index (χ0v) is 22.1. The molecular formula is C29H39N6O3+. The maximum atomic E-state index is 14.1. The Balaban J connectivity index is 1.28. The van der Waals surface area contributed by atoms with Crippen molar-refractivity contribution in [2.75, 3.05) is 38.0 Å². The lowest BCUT2D eigenvalue weighted by molar-refractivity contribution is -1.10. The summed E-state index contributed by atoms with van der Waals surface area (Å²) in [4.78, 5) is 26.2. The van der Waals surface area contributed by atoms with Crippen LogP contribution in [0.3, 0.4) is 0 Å². The van der Waals surface area contributed by atoms with Gasteiger partial charge < -0.3 is 10.4 Å². The van der Waals surface area contributed by atoms with Crippen LogP contribution < -0.4 is 10.9 Å². The Labute approximate surface area is 222 Å². The third-order valence-corrected chi connectivity index (χ3v) is 9.56. The first-order valence-electron chi connectivity index (χ1n) is 14.5. The van der Waals surface area contributed by atoms with Gasteiger partial charge in [0.25, 0.3) is 5.56 Å². The molecule has 3 N–H and O–H groups in total. The van der Waals surface area contributed by atoms with E-state index in [-0.39, 0.29) is 22.4 Å². The summed E-state index contributed by atoms with van der Waals surface area (Å²) in [7, 11) is 0. The van der Waals surface area contributed by atoms with Gasteiger partial charge in [0, 0.05) is 55.0 Å². The van der Waals surface area contributed by atoms with E-state index >= 15 is 0 Å². The van der Waals surface area contributed by atoms with Crippen LogP contribution in [-0.2, 0) is 6.54 Å². The van der Waals surface area contributed by atoms with Crippen LogP contribution in [0.25, 0.3) is 21.8 Å². The van der Waals surface area contributed by atoms with Crippen molar-refractivity contribution in [1.82, 2.24) is 19.4 Å². The fraction of sp³-hybridized carbons (Fsp3) is 0.621. The highest BCUT2D eigenvalue weighted by atomic mass is 16.5. The van der Waals surface area contributed by atoms with E-state index in [1.54, 1.807) is 0 Å². The molecule has 38 heavy (non-hydrogen) atoms. The van der Waals surface area contributed by atoms with Gasteiger partial charge in [0.15, 0.2) is 0 Å². The van der Waals surface area contributed by atoms with Gasteiger partial charge in [0.05, 0.1) is 12.6 Å². The van der Waals surface area contributed by atoms with Gasteiger partial charge >= 0.3 is 0 Å². The van der Waals surface area contributed by atoms with Crippen molar-refractivity contribution < 1.29 is 15.0 Å². The standard InChI is InChI=1S/C29H38N6O3/c36-23-6-4-22(5-7-23)34-27-26(17-31-29(32-27)30-16-19-1-2-19)24-8-3-20(15-25(24)28(34)37)18-33-11-14-35(38)12-9-21(33)10-13-35/h3,8,15,17,19,21-23,36,38H,1-2,4-7,9-14,16,18H2/p+1. The van der Waals surface area contributed by atoms with Crippen molar-refractivity contribution in [3.63, 3.8) is 0 Å². The second-order valence-corrected chi connectivity index (χ2v) is 12.2. The Bertz CT molecular complexity index is 1400. The Morgan fingerprint density at radius 3 is 2.50 bits per heavy atom. The lowest BCUT2D eigenvalue weighted by Crippen LogP contribution is -2.49. The molecule has 3 saturated heterocycles. The summed E-state index contributed by atoms with van der Waals surface area (Å²) in [5.74, 6) is 1.29. The number of hydrogen-bond acceptors (Lipinski definition) is 7. The normalized spacial score (nSPS) is 30.1. The highest BCUT2D eigenvalue weighted by Crippen LogP contribution is 2.33. The smallest absolute Gasteiger partial charge is 0.260 e. The number of pyridine rings is 1. The maximum Gasteiger partial charge on any atom is 0.260 e. The molecule has 3 aromatic rings. The second-order valence-electron chi connectivity index (χ2n) is 12.2. The molecule has 0 amide bonds. The van der Waals surface area contributed by atoms with Crippen LogP contribution in [0.1, 0.15) is 63.0 Å². The molecule has 2 aromatic heterocycles. The number of hydroxylamine groups is 3. The lowest BCUT2D eigenvalue weighted by Gasteiger charge is -2.33. The number of rotatable bonds is 6. The molecule has 1 aromatic carbocycles. The van der Waals surface area contributed by atoms with Gasteiger partial charge in [-0.05, 0) is 61.5 Å². The molecule has 0 atom stereocenters. The number of aliphatic hydroxyl groups is 1. The summed E-state index contributed by atoms with van der Waals surface area (Å²) in [6.45, 7) is 4.97. The van der Waals surface area contributed by atoms with Gasteiger partial charge in [0.2, 0.25) is 5.95 Å². The Morgan fingerprint density at radius 1 is 0.947 bits per heavy atom. The lowest BCUT2D eigenvalue weighted by atomic mass is 9.92. The van der Waals surface area contributed by atoms with Gasteiger partial charge in [-0.3, -0.25) is 14.3 Å². The molecular weight excluding hydrogens is 480 g/mol. The average molecular weight is 520 g/mol. The van der Waals surface area contributed by atoms with Gasteiger partial charge in [-0.15, -0.1) is 0 Å². The van der Waals surface area contributed by atoms with E-state index in [1.807, 2.05) is 10.8 Å². The SMILES string of the molecule is O=c1c2cc(CN3CC[N+]4(O)CCC3CC4)ccc2c2cnc(NCC3CC3)nc2n1C1CCC(O)CC1. The Kier molecular flexibility index (Phi) is 6.15. The van der Waals surface area contributed by atoms with E-state index in [0.717, 1.165) is 86.7 Å². The monoisotopic (exact) mass is 519 g/mol. The average Bonchev–Trinajstić information content (AvgIpc) is 3.78. The van der Waals surface area contributed by atoms with Crippen LogP contribution in [0.4, 0.5) is 5.95 Å². The van der Waals surface area contributed by atoms with Crippen LogP contribution in [0.15, 0.2) is 29.2 Å². The molecule has 202 valence electrons. The minimum absolute atomic E-state index is 0.00496. The van der Waals surface area contributed by atoms with Crippen LogP contribution in [0, 0.1) is 5.92 Å². The third-order valence-electron chi connectivity index (χ3n) is 9.56. The van der Waals surface area contributed by atoms with Crippen molar-refractivity contribution in [3.8, 4) is 0 Å². The highest BCUT2D eigenvalue weighted by molar-refractivity contribution is 6.04. The van der Waals surface area contributed by atoms with E-state index in [4.69, 9.17) is 4.98 Å². The van der Waals surface area contributed by atoms with E-state index < -0.39 is 0 Å². The number of hydrogen-bond donors (Lipinski definition) is 3. The minimum Gasteiger partial charge on any atom is -0.393 e. The number of aliphatic hydroxyl groups excluding tert-OH is 1. The maximum absolute atomic E-state index is 14.1. The van der Waals surface area contributed by atoms with Gasteiger partial charge in [0.1, 0.15) is 25.3 Å². The number of piperidine rings is 1. The van der Waals surface area contributed by atoms with Crippen LogP contribution in [-0.4, -0.2) is 79.3 Å². The van der Waals surface area contributed by atoms with Crippen molar-refractivity contribution in [2.24, 2.45) is 5.92 Å². The van der Waals surface area contributed by atoms with E-state index in [1.165, 1.54) is 12.8 Å². The Morgan fingerprint density at radius 2 is 1.74 bits per heavy atom. The predicted molar refractivity (Wildman–Crippen MR) is 146 cm³/mol. The van der Waals surface area contributed by atoms with E-state index in [0.29, 0.717) is 36.4 Å². The van der Waals surface area contributed by atoms with E-state index in [2.05, 4.69) is 33.4 Å². The summed E-state index contributed by atoms with van der Waals surface area (Å²) in [5.41, 5.74) is 1.83. The number of nitrogens with zero attached hydrogens (tertiary/aromatic N) is 5. The molecule has 9 heteroatoms. The predicted octanol–water partition coefficient (Wildman–Crippen LogP) is 3.43. The molecule has 5 heterocycles. The zero-order valence-electron chi connectivity index (χ0n) is 22.1. The Hall–Kier alpha value is -2.59. The first-order chi connectivity index (χ1) is 18.5. The first kappa shape index (κ1) is 24.5. The van der Waals surface area contributed by atoms with Gasteiger partial charge in [-0.25, -0.2) is 10.2 Å². The van der Waals surface area contributed by atoms with Gasteiger partial charge in [-0.1, -0.05) is 12.1 Å². The van der Waals surface area contributed by atoms with Crippen molar-refractivity contribution in [3.05, 3.63) is 40.3 Å². The van der Waals surface area contributed by atoms with E-state index in [9.17, 15) is 15.1 Å². The zero-order chi connectivity index (χ0) is 25.9. The number of anilines is 1. The number of nitrogens with one attached hydrogen (secondary N) is 1. The van der Waals surface area contributed by atoms with Crippen LogP contribution in [0.2, 0.25) is 0 Å². The number of benzene rings is 1. The molecule has 2 saturated carbocycles. The largest absolute Gasteiger partial charge is 0.393 e. The molecule has 5 fully saturated rings. The second kappa shape index (κ2) is 9.55. The quantitative estimate of drug-likeness (QED) is 0.339. The topological polar surface area (TPSA) is 104 Å². The summed E-state index contributed by atoms with van der Waals surface area (Å²) in [5, 5.41) is 26.8. The molecule has 0 radical (unpaired) electrons. The highest BCUT2D eigenvalue weighted by Gasteiger charge is 2.40. The molecule has 9 nitrogen and oxygen atoms in total. The molecule has 0 spiro atoms. The van der Waals surface area contributed by atoms with Crippen molar-refractivity contribution >= 4 is 27.8 Å². The summed E-state index contributed by atoms with van der Waals surface area (Å²) in [6.07, 6.45) is 9.07. The molecule has 5 aliphatic rings. The number of aromatic nitrogens is 3.